The van der Waals surface area contributed by atoms with Crippen molar-refractivity contribution in [2.75, 3.05) is 18.4 Å². The van der Waals surface area contributed by atoms with Crippen LogP contribution in [0.2, 0.25) is 0 Å². The van der Waals surface area contributed by atoms with Gasteiger partial charge in [-0.3, -0.25) is 15.0 Å². The summed E-state index contributed by atoms with van der Waals surface area (Å²) >= 11 is 0. The molecule has 178 valence electrons. The van der Waals surface area contributed by atoms with Gasteiger partial charge in [-0.05, 0) is 68.1 Å². The molecule has 33 heavy (non-hydrogen) atoms. The molecule has 0 fully saturated rings. The number of fused-ring (bicyclic) bond motifs is 1. The van der Waals surface area contributed by atoms with Crippen molar-refractivity contribution in [3.8, 4) is 0 Å². The van der Waals surface area contributed by atoms with Crippen LogP contribution in [0, 0.1) is 10.1 Å². The first-order valence-corrected chi connectivity index (χ1v) is 12.1. The maximum atomic E-state index is 11.6. The Morgan fingerprint density at radius 1 is 1.03 bits per heavy atom. The Balaban J connectivity index is 1.73. The third kappa shape index (κ3) is 6.54. The first-order valence-electron chi connectivity index (χ1n) is 12.1. The van der Waals surface area contributed by atoms with Crippen molar-refractivity contribution in [2.24, 2.45) is 0 Å². The van der Waals surface area contributed by atoms with Gasteiger partial charge in [-0.25, -0.2) is 4.79 Å². The summed E-state index contributed by atoms with van der Waals surface area (Å²) in [6, 6.07) is 10.6. The fourth-order valence-corrected chi connectivity index (χ4v) is 4.62. The van der Waals surface area contributed by atoms with E-state index in [-0.39, 0.29) is 11.3 Å². The zero-order valence-corrected chi connectivity index (χ0v) is 19.7. The van der Waals surface area contributed by atoms with E-state index in [1.165, 1.54) is 61.8 Å². The van der Waals surface area contributed by atoms with Gasteiger partial charge in [-0.15, -0.1) is 0 Å². The maximum Gasteiger partial charge on any atom is 0.338 e. The predicted octanol–water partition coefficient (Wildman–Crippen LogP) is 6.19. The zero-order chi connectivity index (χ0) is 23.8. The van der Waals surface area contributed by atoms with E-state index in [4.69, 9.17) is 0 Å². The van der Waals surface area contributed by atoms with Crippen molar-refractivity contribution in [2.45, 2.75) is 71.3 Å². The molecule has 0 saturated carbocycles. The van der Waals surface area contributed by atoms with Crippen LogP contribution in [0.3, 0.4) is 0 Å². The van der Waals surface area contributed by atoms with Gasteiger partial charge in [0.1, 0.15) is 0 Å². The lowest BCUT2D eigenvalue weighted by Gasteiger charge is -2.29. The molecule has 2 N–H and O–H groups in total. The average molecular weight is 454 g/mol. The second-order valence-electron chi connectivity index (χ2n) is 8.91. The van der Waals surface area contributed by atoms with Gasteiger partial charge < -0.3 is 10.4 Å². The molecule has 0 aliphatic heterocycles. The molecule has 0 heterocycles. The first kappa shape index (κ1) is 24.7. The topological polar surface area (TPSA) is 95.7 Å². The predicted molar refractivity (Wildman–Crippen MR) is 132 cm³/mol. The largest absolute Gasteiger partial charge is 0.478 e. The number of nitro benzene ring substituents is 1. The SMILES string of the molecule is CCCCCN(CCCCC)C1Cc2ccc(Nc3ccc([N+](=O)[O-])cc3C(=O)O)cc2C1. The fraction of sp³-hybridized carbons (Fsp3) is 0.500. The molecule has 0 bridgehead atoms. The highest BCUT2D eigenvalue weighted by molar-refractivity contribution is 5.96. The van der Waals surface area contributed by atoms with Gasteiger partial charge >= 0.3 is 5.97 Å². The minimum Gasteiger partial charge on any atom is -0.478 e. The van der Waals surface area contributed by atoms with Crippen molar-refractivity contribution in [1.29, 1.82) is 0 Å². The number of nitrogens with zero attached hydrogens (tertiary/aromatic N) is 2. The second kappa shape index (κ2) is 11.8. The summed E-state index contributed by atoms with van der Waals surface area (Å²) in [4.78, 5) is 24.7. The van der Waals surface area contributed by atoms with Crippen LogP contribution >= 0.6 is 0 Å². The number of hydrogen-bond donors (Lipinski definition) is 2. The molecule has 1 atom stereocenters. The molecule has 2 aromatic carbocycles. The van der Waals surface area contributed by atoms with Crippen molar-refractivity contribution >= 4 is 23.0 Å². The number of nitrogens with one attached hydrogen (secondary N) is 1. The third-order valence-electron chi connectivity index (χ3n) is 6.45. The van der Waals surface area contributed by atoms with Crippen LogP contribution in [0.25, 0.3) is 0 Å². The van der Waals surface area contributed by atoms with Crippen LogP contribution < -0.4 is 5.32 Å². The lowest BCUT2D eigenvalue weighted by molar-refractivity contribution is -0.384. The lowest BCUT2D eigenvalue weighted by Crippen LogP contribution is -2.37. The summed E-state index contributed by atoms with van der Waals surface area (Å²) < 4.78 is 0. The third-order valence-corrected chi connectivity index (χ3v) is 6.45. The van der Waals surface area contributed by atoms with E-state index in [9.17, 15) is 20.0 Å². The Labute approximate surface area is 196 Å². The molecule has 2 aromatic rings. The van der Waals surface area contributed by atoms with Gasteiger partial charge in [0.05, 0.1) is 16.2 Å². The molecule has 0 amide bonds. The number of nitro groups is 1. The number of carboxylic acids is 1. The second-order valence-corrected chi connectivity index (χ2v) is 8.91. The van der Waals surface area contributed by atoms with Gasteiger partial charge in [0.2, 0.25) is 0 Å². The number of benzene rings is 2. The molecule has 1 aliphatic carbocycles. The van der Waals surface area contributed by atoms with Crippen LogP contribution in [-0.4, -0.2) is 40.0 Å². The van der Waals surface area contributed by atoms with E-state index in [1.807, 2.05) is 6.07 Å². The van der Waals surface area contributed by atoms with Gasteiger partial charge in [-0.1, -0.05) is 45.6 Å². The monoisotopic (exact) mass is 453 g/mol. The van der Waals surface area contributed by atoms with Crippen LogP contribution in [0.5, 0.6) is 0 Å². The quantitative estimate of drug-likeness (QED) is 0.213. The standard InChI is InChI=1S/C26H35N3O4/c1-3-5-7-13-28(14-8-6-4-2)23-16-19-9-10-21(15-20(19)17-23)27-25-12-11-22(29(32)33)18-24(25)26(30)31/h9-12,15,18,23,27H,3-8,13-14,16-17H2,1-2H3,(H,30,31). The Kier molecular flexibility index (Phi) is 8.83. The number of carboxylic acid groups (broad SMARTS) is 1. The normalized spacial score (nSPS) is 14.9. The summed E-state index contributed by atoms with van der Waals surface area (Å²) in [5.41, 5.74) is 3.45. The first-order chi connectivity index (χ1) is 15.9. The van der Waals surface area contributed by atoms with Gasteiger partial charge in [0.25, 0.3) is 5.69 Å². The summed E-state index contributed by atoms with van der Waals surface area (Å²) in [6.07, 6.45) is 9.49. The number of non-ortho nitro benzene ring substituents is 1. The number of anilines is 2. The molecule has 1 aliphatic rings. The maximum absolute atomic E-state index is 11.6. The van der Waals surface area contributed by atoms with Crippen molar-refractivity contribution in [3.63, 3.8) is 0 Å². The van der Waals surface area contributed by atoms with Crippen LogP contribution in [-0.2, 0) is 12.8 Å². The van der Waals surface area contributed by atoms with E-state index in [2.05, 4.69) is 36.2 Å². The number of unbranched alkanes of at least 4 members (excludes halogenated alkanes) is 4. The van der Waals surface area contributed by atoms with E-state index in [0.29, 0.717) is 11.7 Å². The lowest BCUT2D eigenvalue weighted by atomic mass is 10.1. The number of carbonyl (C=O) groups is 1. The van der Waals surface area contributed by atoms with Gasteiger partial charge in [0, 0.05) is 23.9 Å². The Hall–Kier alpha value is -2.93. The van der Waals surface area contributed by atoms with E-state index < -0.39 is 10.9 Å². The van der Waals surface area contributed by atoms with Crippen molar-refractivity contribution < 1.29 is 14.8 Å². The molecular formula is C26H35N3O4. The minimum atomic E-state index is -1.20. The van der Waals surface area contributed by atoms with E-state index >= 15 is 0 Å². The number of rotatable bonds is 13. The Morgan fingerprint density at radius 2 is 1.70 bits per heavy atom. The zero-order valence-electron chi connectivity index (χ0n) is 19.7. The van der Waals surface area contributed by atoms with Gasteiger partial charge in [-0.2, -0.15) is 0 Å². The fourth-order valence-electron chi connectivity index (χ4n) is 4.62. The summed E-state index contributed by atoms with van der Waals surface area (Å²) in [5.74, 6) is -1.20. The van der Waals surface area contributed by atoms with Crippen LogP contribution in [0.4, 0.5) is 17.1 Å². The summed E-state index contributed by atoms with van der Waals surface area (Å²) in [7, 11) is 0. The molecule has 7 nitrogen and oxygen atoms in total. The van der Waals surface area contributed by atoms with Crippen molar-refractivity contribution in [1.82, 2.24) is 4.90 Å². The smallest absolute Gasteiger partial charge is 0.338 e. The Bertz CT molecular complexity index is 966. The summed E-state index contributed by atoms with van der Waals surface area (Å²) in [5, 5.41) is 23.7. The molecule has 0 aromatic heterocycles. The highest BCUT2D eigenvalue weighted by Crippen LogP contribution is 2.31. The van der Waals surface area contributed by atoms with E-state index in [1.54, 1.807) is 0 Å². The van der Waals surface area contributed by atoms with E-state index in [0.717, 1.165) is 37.7 Å². The molecule has 0 spiro atoms. The highest BCUT2D eigenvalue weighted by Gasteiger charge is 2.27. The minimum absolute atomic E-state index is 0.111. The molecule has 3 rings (SSSR count). The van der Waals surface area contributed by atoms with Crippen LogP contribution in [0.1, 0.15) is 73.9 Å². The number of aromatic carboxylic acids is 1. The molecule has 0 radical (unpaired) electrons. The molecule has 1 unspecified atom stereocenters. The molecule has 7 heteroatoms. The van der Waals surface area contributed by atoms with Gasteiger partial charge in [0.15, 0.2) is 0 Å². The molecule has 0 saturated heterocycles. The average Bonchev–Trinajstić information content (AvgIpc) is 3.21. The number of hydrogen-bond acceptors (Lipinski definition) is 5. The summed E-state index contributed by atoms with van der Waals surface area (Å²) in [6.45, 7) is 6.77. The Morgan fingerprint density at radius 3 is 2.30 bits per heavy atom. The highest BCUT2D eigenvalue weighted by atomic mass is 16.6. The molecular weight excluding hydrogens is 418 g/mol. The van der Waals surface area contributed by atoms with Crippen LogP contribution in [0.15, 0.2) is 36.4 Å². The van der Waals surface area contributed by atoms with Crippen molar-refractivity contribution in [3.05, 3.63) is 63.2 Å².